The van der Waals surface area contributed by atoms with Gasteiger partial charge in [0.2, 0.25) is 10.0 Å². The van der Waals surface area contributed by atoms with Gasteiger partial charge in [0.1, 0.15) is 5.82 Å². The maximum Gasteiger partial charge on any atom is 0.339 e. The van der Waals surface area contributed by atoms with Crippen molar-refractivity contribution in [1.82, 2.24) is 25.3 Å². The van der Waals surface area contributed by atoms with Gasteiger partial charge in [-0.15, -0.1) is 10.2 Å². The third-order valence-corrected chi connectivity index (χ3v) is 3.89. The van der Waals surface area contributed by atoms with Crippen molar-refractivity contribution >= 4 is 16.0 Å². The van der Waals surface area contributed by atoms with Crippen LogP contribution in [0.3, 0.4) is 0 Å². The number of aromatic nitrogens is 4. The predicted molar refractivity (Wildman–Crippen MR) is 65.9 cm³/mol. The molecule has 0 aliphatic carbocycles. The van der Waals surface area contributed by atoms with Crippen molar-refractivity contribution in [2.24, 2.45) is 0 Å². The molecule has 0 aliphatic heterocycles. The van der Waals surface area contributed by atoms with Crippen molar-refractivity contribution in [2.75, 3.05) is 7.11 Å². The Labute approximate surface area is 118 Å². The van der Waals surface area contributed by atoms with Crippen LogP contribution >= 0.6 is 0 Å². The minimum atomic E-state index is -4.16. The van der Waals surface area contributed by atoms with Gasteiger partial charge in [0.05, 0.1) is 24.1 Å². The minimum absolute atomic E-state index is 0.0922. The number of methoxy groups -OCH3 is 1. The van der Waals surface area contributed by atoms with Crippen LogP contribution in [-0.2, 0) is 21.3 Å². The summed E-state index contributed by atoms with van der Waals surface area (Å²) in [4.78, 5) is 11.0. The summed E-state index contributed by atoms with van der Waals surface area (Å²) < 4.78 is 44.2. The highest BCUT2D eigenvalue weighted by Gasteiger charge is 2.24. The molecule has 0 amide bonds. The minimum Gasteiger partial charge on any atom is -0.465 e. The van der Waals surface area contributed by atoms with Gasteiger partial charge < -0.3 is 4.74 Å². The molecule has 9 nitrogen and oxygen atoms in total. The number of nitrogens with one attached hydrogen (secondary N) is 2. The summed E-state index contributed by atoms with van der Waals surface area (Å²) in [7, 11) is -3.07. The molecule has 0 atom stereocenters. The van der Waals surface area contributed by atoms with Crippen molar-refractivity contribution in [2.45, 2.75) is 11.4 Å². The zero-order valence-electron chi connectivity index (χ0n) is 10.7. The Kier molecular flexibility index (Phi) is 4.23. The average Bonchev–Trinajstić information content (AvgIpc) is 2.98. The number of ether oxygens (including phenoxy) is 1. The number of aromatic amines is 1. The van der Waals surface area contributed by atoms with Gasteiger partial charge in [0.15, 0.2) is 5.82 Å². The Morgan fingerprint density at radius 3 is 2.86 bits per heavy atom. The fourth-order valence-corrected chi connectivity index (χ4v) is 2.68. The van der Waals surface area contributed by atoms with Gasteiger partial charge >= 0.3 is 5.97 Å². The highest BCUT2D eigenvalue weighted by molar-refractivity contribution is 7.89. The molecule has 0 unspecified atom stereocenters. The van der Waals surface area contributed by atoms with Crippen LogP contribution in [0.1, 0.15) is 16.2 Å². The molecule has 2 aromatic rings. The number of carbonyl (C=O) groups excluding carboxylic acids is 1. The third kappa shape index (κ3) is 3.38. The van der Waals surface area contributed by atoms with E-state index in [4.69, 9.17) is 0 Å². The van der Waals surface area contributed by atoms with Crippen molar-refractivity contribution in [1.29, 1.82) is 0 Å². The third-order valence-electron chi connectivity index (χ3n) is 2.45. The van der Waals surface area contributed by atoms with Crippen molar-refractivity contribution in [3.05, 3.63) is 35.4 Å². The van der Waals surface area contributed by atoms with Crippen LogP contribution in [0.15, 0.2) is 23.1 Å². The van der Waals surface area contributed by atoms with E-state index in [-0.39, 0.29) is 17.9 Å². The van der Waals surface area contributed by atoms with Crippen LogP contribution in [0.4, 0.5) is 4.39 Å². The smallest absolute Gasteiger partial charge is 0.339 e. The van der Waals surface area contributed by atoms with Crippen LogP contribution in [-0.4, -0.2) is 42.1 Å². The van der Waals surface area contributed by atoms with Crippen LogP contribution in [0, 0.1) is 5.82 Å². The van der Waals surface area contributed by atoms with Crippen molar-refractivity contribution < 1.29 is 22.3 Å². The number of sulfonamides is 1. The highest BCUT2D eigenvalue weighted by atomic mass is 32.2. The molecule has 112 valence electrons. The molecule has 1 aromatic heterocycles. The van der Waals surface area contributed by atoms with Gasteiger partial charge in [-0.1, -0.05) is 5.21 Å². The van der Waals surface area contributed by atoms with Crippen LogP contribution in [0.5, 0.6) is 0 Å². The second-order valence-electron chi connectivity index (χ2n) is 3.78. The molecule has 0 saturated heterocycles. The molecule has 1 aromatic carbocycles. The summed E-state index contributed by atoms with van der Waals surface area (Å²) in [5, 5.41) is 12.5. The number of esters is 1. The second-order valence-corrected chi connectivity index (χ2v) is 5.52. The molecule has 0 spiro atoms. The Hall–Kier alpha value is -2.40. The number of hydrogen-bond donors (Lipinski definition) is 2. The number of benzene rings is 1. The van der Waals surface area contributed by atoms with E-state index in [9.17, 15) is 17.6 Å². The first-order valence-corrected chi connectivity index (χ1v) is 7.02. The average molecular weight is 315 g/mol. The molecular formula is C10H10FN5O4S. The first kappa shape index (κ1) is 15.0. The first-order chi connectivity index (χ1) is 9.94. The molecule has 0 fully saturated rings. The molecule has 0 saturated carbocycles. The number of tetrazole rings is 1. The van der Waals surface area contributed by atoms with E-state index >= 15 is 0 Å². The quantitative estimate of drug-likeness (QED) is 0.719. The number of halogens is 1. The van der Waals surface area contributed by atoms with E-state index in [1.807, 2.05) is 0 Å². The van der Waals surface area contributed by atoms with Crippen LogP contribution in [0.25, 0.3) is 0 Å². The van der Waals surface area contributed by atoms with Gasteiger partial charge in [-0.2, -0.15) is 5.21 Å². The van der Waals surface area contributed by atoms with E-state index in [1.54, 1.807) is 0 Å². The summed E-state index contributed by atoms with van der Waals surface area (Å²) in [5.74, 6) is -1.60. The maximum absolute atomic E-state index is 13.3. The number of carbonyl (C=O) groups is 1. The largest absolute Gasteiger partial charge is 0.465 e. The normalized spacial score (nSPS) is 11.3. The van der Waals surface area contributed by atoms with Gasteiger partial charge in [0, 0.05) is 0 Å². The lowest BCUT2D eigenvalue weighted by Gasteiger charge is -2.09. The standard InChI is InChI=1S/C10H10FN5O4S/c1-20-10(17)7-3-2-6(11)4-8(7)21(18,19)12-5-9-13-15-16-14-9/h2-4,12H,5H2,1H3,(H,13,14,15,16). The molecule has 0 bridgehead atoms. The number of H-pyrrole nitrogens is 1. The number of rotatable bonds is 5. The lowest BCUT2D eigenvalue weighted by atomic mass is 10.2. The Morgan fingerprint density at radius 2 is 2.24 bits per heavy atom. The lowest BCUT2D eigenvalue weighted by molar-refractivity contribution is 0.0596. The maximum atomic E-state index is 13.3. The van der Waals surface area contributed by atoms with E-state index < -0.39 is 26.7 Å². The van der Waals surface area contributed by atoms with E-state index in [2.05, 4.69) is 30.1 Å². The second kappa shape index (κ2) is 5.93. The fourth-order valence-electron chi connectivity index (χ4n) is 1.49. The molecule has 1 heterocycles. The Bertz CT molecular complexity index is 747. The fraction of sp³-hybridized carbons (Fsp3) is 0.200. The predicted octanol–water partition coefficient (Wildman–Crippen LogP) is -0.396. The van der Waals surface area contributed by atoms with E-state index in [0.717, 1.165) is 25.3 Å². The monoisotopic (exact) mass is 315 g/mol. The van der Waals surface area contributed by atoms with Gasteiger partial charge in [-0.05, 0) is 18.2 Å². The molecule has 0 radical (unpaired) electrons. The summed E-state index contributed by atoms with van der Waals surface area (Å²) in [6, 6.07) is 2.72. The van der Waals surface area contributed by atoms with Gasteiger partial charge in [-0.3, -0.25) is 0 Å². The Morgan fingerprint density at radius 1 is 1.48 bits per heavy atom. The SMILES string of the molecule is COC(=O)c1ccc(F)cc1S(=O)(=O)NCc1nn[nH]n1. The summed E-state index contributed by atoms with van der Waals surface area (Å²) in [6.07, 6.45) is 0. The van der Waals surface area contributed by atoms with E-state index in [0.29, 0.717) is 0 Å². The molecule has 2 N–H and O–H groups in total. The Balaban J connectivity index is 2.34. The lowest BCUT2D eigenvalue weighted by Crippen LogP contribution is -2.26. The highest BCUT2D eigenvalue weighted by Crippen LogP contribution is 2.18. The van der Waals surface area contributed by atoms with Gasteiger partial charge in [0.25, 0.3) is 0 Å². The van der Waals surface area contributed by atoms with Crippen LogP contribution < -0.4 is 4.72 Å². The molecule has 21 heavy (non-hydrogen) atoms. The summed E-state index contributed by atoms with van der Waals surface area (Å²) in [5.41, 5.74) is -0.278. The molecule has 11 heteroatoms. The summed E-state index contributed by atoms with van der Waals surface area (Å²) >= 11 is 0. The first-order valence-electron chi connectivity index (χ1n) is 5.54. The van der Waals surface area contributed by atoms with Gasteiger partial charge in [-0.25, -0.2) is 22.3 Å². The summed E-state index contributed by atoms with van der Waals surface area (Å²) in [6.45, 7) is -0.268. The topological polar surface area (TPSA) is 127 Å². The zero-order valence-corrected chi connectivity index (χ0v) is 11.5. The molecular weight excluding hydrogens is 305 g/mol. The molecule has 0 aliphatic rings. The molecule has 2 rings (SSSR count). The van der Waals surface area contributed by atoms with E-state index in [1.165, 1.54) is 0 Å². The zero-order chi connectivity index (χ0) is 15.5. The number of hydrogen-bond acceptors (Lipinski definition) is 7. The number of nitrogens with zero attached hydrogens (tertiary/aromatic N) is 3. The van der Waals surface area contributed by atoms with Crippen molar-refractivity contribution in [3.8, 4) is 0 Å². The van der Waals surface area contributed by atoms with Crippen LogP contribution in [0.2, 0.25) is 0 Å². The van der Waals surface area contributed by atoms with Crippen molar-refractivity contribution in [3.63, 3.8) is 0 Å².